The van der Waals surface area contributed by atoms with Gasteiger partial charge in [-0.1, -0.05) is 54.6 Å². The fourth-order valence-corrected chi connectivity index (χ4v) is 5.87. The fraction of sp³-hybridized carbons (Fsp3) is 0.190. The summed E-state index contributed by atoms with van der Waals surface area (Å²) in [6, 6.07) is 22.1. The lowest BCUT2D eigenvalue weighted by molar-refractivity contribution is -0.133. The molecule has 1 heterocycles. The lowest BCUT2D eigenvalue weighted by Crippen LogP contribution is -2.11. The Morgan fingerprint density at radius 2 is 1.64 bits per heavy atom. The van der Waals surface area contributed by atoms with Crippen molar-refractivity contribution in [1.82, 2.24) is 0 Å². The third-order valence-electron chi connectivity index (χ3n) is 4.22. The maximum atomic E-state index is 12.3. The van der Waals surface area contributed by atoms with Gasteiger partial charge in [-0.25, -0.2) is 0 Å². The molecule has 0 amide bonds. The van der Waals surface area contributed by atoms with Gasteiger partial charge in [0.2, 0.25) is 0 Å². The van der Waals surface area contributed by atoms with Crippen LogP contribution in [-0.4, -0.2) is 17.5 Å². The van der Waals surface area contributed by atoms with Gasteiger partial charge in [0.15, 0.2) is 0 Å². The number of fused-ring (bicyclic) bond motifs is 1. The summed E-state index contributed by atoms with van der Waals surface area (Å²) >= 11 is 3.95. The molecule has 1 fully saturated rings. The third kappa shape index (κ3) is 3.86. The van der Waals surface area contributed by atoms with Gasteiger partial charge in [-0.3, -0.25) is 4.79 Å². The van der Waals surface area contributed by atoms with E-state index in [2.05, 4.69) is 24.3 Å². The van der Waals surface area contributed by atoms with Gasteiger partial charge in [-0.05, 0) is 34.0 Å². The second-order valence-corrected chi connectivity index (χ2v) is 8.66. The number of rotatable bonds is 4. The predicted molar refractivity (Wildman–Crippen MR) is 107 cm³/mol. The Morgan fingerprint density at radius 1 is 0.920 bits per heavy atom. The van der Waals surface area contributed by atoms with Gasteiger partial charge in [0.25, 0.3) is 0 Å². The first-order valence-corrected chi connectivity index (χ1v) is 10.4. The molecule has 0 unspecified atom stereocenters. The summed E-state index contributed by atoms with van der Waals surface area (Å²) in [7, 11) is 0. The normalized spacial score (nSPS) is 14.7. The zero-order chi connectivity index (χ0) is 17.1. The molecule has 3 aromatic rings. The molecule has 0 saturated carbocycles. The van der Waals surface area contributed by atoms with Crippen molar-refractivity contribution < 1.29 is 9.53 Å². The second-order valence-electron chi connectivity index (χ2n) is 5.93. The summed E-state index contributed by atoms with van der Waals surface area (Å²) in [5, 5.41) is 2.25. The highest BCUT2D eigenvalue weighted by Gasteiger charge is 2.18. The van der Waals surface area contributed by atoms with Crippen molar-refractivity contribution in [3.63, 3.8) is 0 Å². The molecule has 0 radical (unpaired) electrons. The SMILES string of the molecule is O=C(Cc1cccc2ccccc12)Oc1ccc(C2SCCS2)cc1. The van der Waals surface area contributed by atoms with Crippen molar-refractivity contribution in [2.45, 2.75) is 11.0 Å². The maximum Gasteiger partial charge on any atom is 0.315 e. The van der Waals surface area contributed by atoms with Crippen molar-refractivity contribution in [2.75, 3.05) is 11.5 Å². The minimum atomic E-state index is -0.228. The number of hydrogen-bond acceptors (Lipinski definition) is 4. The third-order valence-corrected chi connectivity index (χ3v) is 7.32. The Bertz CT molecular complexity index is 879. The molecule has 0 aromatic heterocycles. The molecule has 0 atom stereocenters. The highest BCUT2D eigenvalue weighted by Crippen LogP contribution is 2.45. The molecule has 1 aliphatic rings. The number of thioether (sulfide) groups is 2. The molecule has 126 valence electrons. The maximum absolute atomic E-state index is 12.3. The Morgan fingerprint density at radius 3 is 2.44 bits per heavy atom. The average Bonchev–Trinajstić information content (AvgIpc) is 3.17. The van der Waals surface area contributed by atoms with Crippen molar-refractivity contribution in [1.29, 1.82) is 0 Å². The number of carbonyl (C=O) groups is 1. The highest BCUT2D eigenvalue weighted by molar-refractivity contribution is 8.19. The van der Waals surface area contributed by atoms with Gasteiger partial charge in [-0.15, -0.1) is 23.5 Å². The summed E-state index contributed by atoms with van der Waals surface area (Å²) in [5.74, 6) is 2.80. The average molecular weight is 367 g/mol. The summed E-state index contributed by atoms with van der Waals surface area (Å²) in [6.07, 6.45) is 0.275. The monoisotopic (exact) mass is 366 g/mol. The van der Waals surface area contributed by atoms with E-state index in [1.807, 2.05) is 66.0 Å². The zero-order valence-electron chi connectivity index (χ0n) is 13.7. The van der Waals surface area contributed by atoms with E-state index in [4.69, 9.17) is 4.74 Å². The molecular weight excluding hydrogens is 348 g/mol. The Kier molecular flexibility index (Phi) is 4.99. The van der Waals surface area contributed by atoms with E-state index in [0.717, 1.165) is 16.3 Å². The first kappa shape index (κ1) is 16.6. The molecule has 3 aromatic carbocycles. The standard InChI is InChI=1S/C21H18O2S2/c22-20(14-17-6-3-5-15-4-1-2-7-19(15)17)23-18-10-8-16(9-11-18)21-24-12-13-25-21/h1-11,21H,12-14H2. The lowest BCUT2D eigenvalue weighted by Gasteiger charge is -2.10. The zero-order valence-corrected chi connectivity index (χ0v) is 15.3. The topological polar surface area (TPSA) is 26.3 Å². The van der Waals surface area contributed by atoms with Gasteiger partial charge >= 0.3 is 5.97 Å². The number of benzene rings is 3. The van der Waals surface area contributed by atoms with Crippen LogP contribution in [0.15, 0.2) is 66.7 Å². The Hall–Kier alpha value is -1.91. The smallest absolute Gasteiger partial charge is 0.315 e. The summed E-state index contributed by atoms with van der Waals surface area (Å²) < 4.78 is 6.05. The van der Waals surface area contributed by atoms with Crippen LogP contribution in [0.25, 0.3) is 10.8 Å². The molecule has 0 N–H and O–H groups in total. The first-order valence-electron chi connectivity index (χ1n) is 8.30. The molecule has 1 aliphatic heterocycles. The van der Waals surface area contributed by atoms with Crippen molar-refractivity contribution in [2.24, 2.45) is 0 Å². The van der Waals surface area contributed by atoms with E-state index < -0.39 is 0 Å². The molecule has 0 spiro atoms. The quantitative estimate of drug-likeness (QED) is 0.452. The first-order chi connectivity index (χ1) is 12.3. The Balaban J connectivity index is 1.44. The van der Waals surface area contributed by atoms with Crippen LogP contribution in [-0.2, 0) is 11.2 Å². The van der Waals surface area contributed by atoms with Gasteiger partial charge in [0.05, 0.1) is 11.0 Å². The number of hydrogen-bond donors (Lipinski definition) is 0. The van der Waals surface area contributed by atoms with Crippen LogP contribution >= 0.6 is 23.5 Å². The van der Waals surface area contributed by atoms with Gasteiger partial charge < -0.3 is 4.74 Å². The van der Waals surface area contributed by atoms with Crippen LogP contribution in [0, 0.1) is 0 Å². The second kappa shape index (κ2) is 7.54. The highest BCUT2D eigenvalue weighted by atomic mass is 32.2. The molecule has 25 heavy (non-hydrogen) atoms. The molecule has 2 nitrogen and oxygen atoms in total. The summed E-state index contributed by atoms with van der Waals surface area (Å²) in [4.78, 5) is 12.3. The molecule has 4 rings (SSSR count). The van der Waals surface area contributed by atoms with E-state index >= 15 is 0 Å². The van der Waals surface area contributed by atoms with Crippen LogP contribution in [0.5, 0.6) is 5.75 Å². The minimum Gasteiger partial charge on any atom is -0.426 e. The van der Waals surface area contributed by atoms with E-state index in [1.165, 1.54) is 17.1 Å². The van der Waals surface area contributed by atoms with E-state index in [-0.39, 0.29) is 12.4 Å². The van der Waals surface area contributed by atoms with Crippen molar-refractivity contribution >= 4 is 40.3 Å². The number of ether oxygens (including phenoxy) is 1. The van der Waals surface area contributed by atoms with Crippen LogP contribution in [0.1, 0.15) is 15.7 Å². The van der Waals surface area contributed by atoms with Crippen molar-refractivity contribution in [3.05, 3.63) is 77.9 Å². The minimum absolute atomic E-state index is 0.228. The van der Waals surface area contributed by atoms with Crippen LogP contribution in [0.4, 0.5) is 0 Å². The van der Waals surface area contributed by atoms with Gasteiger partial charge in [0, 0.05) is 11.5 Å². The van der Waals surface area contributed by atoms with Gasteiger partial charge in [0.1, 0.15) is 5.75 Å². The molecule has 0 bridgehead atoms. The summed E-state index contributed by atoms with van der Waals surface area (Å²) in [6.45, 7) is 0. The fourth-order valence-electron chi connectivity index (χ4n) is 3.01. The van der Waals surface area contributed by atoms with Gasteiger partial charge in [-0.2, -0.15) is 0 Å². The van der Waals surface area contributed by atoms with E-state index in [9.17, 15) is 4.79 Å². The molecule has 1 saturated heterocycles. The largest absolute Gasteiger partial charge is 0.426 e. The molecule has 0 aliphatic carbocycles. The van der Waals surface area contributed by atoms with E-state index in [1.54, 1.807) is 0 Å². The summed E-state index contributed by atoms with van der Waals surface area (Å²) in [5.41, 5.74) is 2.29. The van der Waals surface area contributed by atoms with Crippen LogP contribution in [0.3, 0.4) is 0 Å². The Labute approximate surface area is 156 Å². The molecular formula is C21H18O2S2. The number of carbonyl (C=O) groups excluding carboxylic acids is 1. The van der Waals surface area contributed by atoms with Crippen LogP contribution in [0.2, 0.25) is 0 Å². The predicted octanol–water partition coefficient (Wildman–Crippen LogP) is 5.47. The van der Waals surface area contributed by atoms with E-state index in [0.29, 0.717) is 10.3 Å². The number of esters is 1. The van der Waals surface area contributed by atoms with Crippen molar-refractivity contribution in [3.8, 4) is 5.75 Å². The molecule has 4 heteroatoms. The lowest BCUT2D eigenvalue weighted by atomic mass is 10.0. The van der Waals surface area contributed by atoms with Crippen LogP contribution < -0.4 is 4.74 Å².